The van der Waals surface area contributed by atoms with E-state index in [2.05, 4.69) is 0 Å². The highest BCUT2D eigenvalue weighted by molar-refractivity contribution is 7.09. The van der Waals surface area contributed by atoms with Gasteiger partial charge < -0.3 is 10.0 Å². The first-order valence-electron chi connectivity index (χ1n) is 6.76. The van der Waals surface area contributed by atoms with Gasteiger partial charge in [0, 0.05) is 23.7 Å². The van der Waals surface area contributed by atoms with Crippen LogP contribution in [-0.4, -0.2) is 45.7 Å². The lowest BCUT2D eigenvalue weighted by Gasteiger charge is -2.18. The van der Waals surface area contributed by atoms with Crippen LogP contribution in [0.4, 0.5) is 13.2 Å². The Labute approximate surface area is 133 Å². The Bertz CT molecular complexity index is 694. The molecule has 128 valence electrons. The van der Waals surface area contributed by atoms with Crippen LogP contribution in [-0.2, 0) is 16.1 Å². The van der Waals surface area contributed by atoms with E-state index in [0.29, 0.717) is 5.69 Å². The van der Waals surface area contributed by atoms with Crippen LogP contribution < -0.4 is 4.87 Å². The fourth-order valence-electron chi connectivity index (χ4n) is 2.59. The van der Waals surface area contributed by atoms with Gasteiger partial charge >= 0.3 is 17.0 Å². The van der Waals surface area contributed by atoms with Crippen molar-refractivity contribution in [3.05, 3.63) is 20.2 Å². The molecule has 0 bridgehead atoms. The predicted octanol–water partition coefficient (Wildman–Crippen LogP) is 1.25. The SMILES string of the molecule is Cc1sc(=O)n(CC(=O)N2C[C@@H](C(F)(F)F)[C@H](C(=O)O)C2)c1C. The number of carbonyl (C=O) groups is 2. The van der Waals surface area contributed by atoms with Crippen molar-refractivity contribution in [2.45, 2.75) is 26.6 Å². The van der Waals surface area contributed by atoms with E-state index >= 15 is 0 Å². The number of carboxylic acid groups (broad SMARTS) is 1. The summed E-state index contributed by atoms with van der Waals surface area (Å²) in [5.74, 6) is -6.04. The van der Waals surface area contributed by atoms with Crippen LogP contribution >= 0.6 is 11.3 Å². The Balaban J connectivity index is 2.18. The lowest BCUT2D eigenvalue weighted by atomic mass is 9.96. The number of halogens is 3. The van der Waals surface area contributed by atoms with E-state index < -0.39 is 43.0 Å². The fourth-order valence-corrected chi connectivity index (χ4v) is 3.43. The second kappa shape index (κ2) is 5.99. The minimum absolute atomic E-state index is 0.366. The minimum Gasteiger partial charge on any atom is -0.481 e. The Morgan fingerprint density at radius 1 is 1.30 bits per heavy atom. The van der Waals surface area contributed by atoms with Crippen LogP contribution in [0.3, 0.4) is 0 Å². The summed E-state index contributed by atoms with van der Waals surface area (Å²) < 4.78 is 39.9. The van der Waals surface area contributed by atoms with Gasteiger partial charge in [0.25, 0.3) is 0 Å². The van der Waals surface area contributed by atoms with Gasteiger partial charge in [0.15, 0.2) is 0 Å². The molecule has 0 radical (unpaired) electrons. The first-order chi connectivity index (χ1) is 10.5. The number of aryl methyl sites for hydroxylation is 1. The third-order valence-electron chi connectivity index (χ3n) is 4.08. The van der Waals surface area contributed by atoms with E-state index in [0.717, 1.165) is 21.1 Å². The molecule has 1 aliphatic heterocycles. The lowest BCUT2D eigenvalue weighted by molar-refractivity contribution is -0.188. The molecule has 1 aliphatic rings. The number of carbonyl (C=O) groups excluding carboxylic acids is 1. The van der Waals surface area contributed by atoms with E-state index in [-0.39, 0.29) is 11.4 Å². The van der Waals surface area contributed by atoms with Crippen molar-refractivity contribution in [2.75, 3.05) is 13.1 Å². The highest BCUT2D eigenvalue weighted by Crippen LogP contribution is 2.37. The molecule has 1 saturated heterocycles. The summed E-state index contributed by atoms with van der Waals surface area (Å²) in [6.45, 7) is 1.76. The number of amides is 1. The second-order valence-electron chi connectivity index (χ2n) is 5.49. The normalized spacial score (nSPS) is 21.7. The van der Waals surface area contributed by atoms with Crippen LogP contribution in [0, 0.1) is 25.7 Å². The number of hydrogen-bond donors (Lipinski definition) is 1. The quantitative estimate of drug-likeness (QED) is 0.888. The number of nitrogens with zero attached hydrogens (tertiary/aromatic N) is 2. The van der Waals surface area contributed by atoms with Crippen molar-refractivity contribution in [2.24, 2.45) is 11.8 Å². The van der Waals surface area contributed by atoms with Crippen LogP contribution in [0.15, 0.2) is 4.79 Å². The molecule has 1 N–H and O–H groups in total. The Morgan fingerprint density at radius 3 is 2.30 bits per heavy atom. The first-order valence-corrected chi connectivity index (χ1v) is 7.58. The van der Waals surface area contributed by atoms with Crippen LogP contribution in [0.25, 0.3) is 0 Å². The van der Waals surface area contributed by atoms with Crippen molar-refractivity contribution in [3.63, 3.8) is 0 Å². The van der Waals surface area contributed by atoms with Gasteiger partial charge in [-0.2, -0.15) is 13.2 Å². The molecule has 0 saturated carbocycles. The number of aliphatic carboxylic acids is 1. The smallest absolute Gasteiger partial charge is 0.394 e. The van der Waals surface area contributed by atoms with E-state index in [1.165, 1.54) is 4.57 Å². The molecule has 1 aromatic rings. The molecule has 2 heterocycles. The number of hydrogen-bond acceptors (Lipinski definition) is 4. The Kier molecular flexibility index (Phi) is 4.56. The van der Waals surface area contributed by atoms with Crippen molar-refractivity contribution >= 4 is 23.2 Å². The number of alkyl halides is 3. The van der Waals surface area contributed by atoms with E-state index in [1.54, 1.807) is 13.8 Å². The van der Waals surface area contributed by atoms with Gasteiger partial charge in [-0.1, -0.05) is 11.3 Å². The van der Waals surface area contributed by atoms with Gasteiger partial charge in [-0.05, 0) is 13.8 Å². The molecule has 10 heteroatoms. The summed E-state index contributed by atoms with van der Waals surface area (Å²) in [5.41, 5.74) is 0.578. The van der Waals surface area contributed by atoms with Gasteiger partial charge in [0.05, 0.1) is 11.8 Å². The molecule has 2 rings (SSSR count). The maximum atomic E-state index is 12.9. The average molecular weight is 352 g/mol. The molecule has 0 aromatic carbocycles. The zero-order valence-corrected chi connectivity index (χ0v) is 13.2. The molecule has 23 heavy (non-hydrogen) atoms. The van der Waals surface area contributed by atoms with Gasteiger partial charge in [0.1, 0.15) is 6.54 Å². The van der Waals surface area contributed by atoms with Crippen LogP contribution in [0.1, 0.15) is 10.6 Å². The van der Waals surface area contributed by atoms with Gasteiger partial charge in [0.2, 0.25) is 5.91 Å². The number of thiazole rings is 1. The molecule has 1 aromatic heterocycles. The standard InChI is InChI=1S/C13H15F3N2O4S/c1-6-7(2)23-12(22)18(6)5-10(19)17-3-8(11(20)21)9(4-17)13(14,15)16/h8-9H,3-5H2,1-2H3,(H,20,21)/t8-,9-/m1/s1. The zero-order valence-electron chi connectivity index (χ0n) is 12.4. The van der Waals surface area contributed by atoms with Crippen molar-refractivity contribution in [1.29, 1.82) is 0 Å². The summed E-state index contributed by atoms with van der Waals surface area (Å²) in [7, 11) is 0. The van der Waals surface area contributed by atoms with Gasteiger partial charge in [-0.25, -0.2) is 0 Å². The Hall–Kier alpha value is -1.84. The van der Waals surface area contributed by atoms with Crippen LogP contribution in [0.5, 0.6) is 0 Å². The first kappa shape index (κ1) is 17.5. The maximum absolute atomic E-state index is 12.9. The molecule has 1 amide bonds. The van der Waals surface area contributed by atoms with Gasteiger partial charge in [-0.3, -0.25) is 19.0 Å². The second-order valence-corrected chi connectivity index (χ2v) is 6.65. The van der Waals surface area contributed by atoms with E-state index in [1.807, 2.05) is 0 Å². The molecular formula is C13H15F3N2O4S. The maximum Gasteiger partial charge on any atom is 0.394 e. The fraction of sp³-hybridized carbons (Fsp3) is 0.615. The molecule has 2 atom stereocenters. The molecule has 1 fully saturated rings. The lowest BCUT2D eigenvalue weighted by Crippen LogP contribution is -2.36. The zero-order chi connectivity index (χ0) is 17.5. The molecular weight excluding hydrogens is 337 g/mol. The van der Waals surface area contributed by atoms with Crippen LogP contribution in [0.2, 0.25) is 0 Å². The average Bonchev–Trinajstić information content (AvgIpc) is 2.96. The van der Waals surface area contributed by atoms with E-state index in [4.69, 9.17) is 5.11 Å². The van der Waals surface area contributed by atoms with E-state index in [9.17, 15) is 27.6 Å². The number of aromatic nitrogens is 1. The Morgan fingerprint density at radius 2 is 1.91 bits per heavy atom. The molecule has 0 spiro atoms. The monoisotopic (exact) mass is 352 g/mol. The highest BCUT2D eigenvalue weighted by Gasteiger charge is 2.53. The summed E-state index contributed by atoms with van der Waals surface area (Å²) in [6.07, 6.45) is -4.69. The molecule has 0 aliphatic carbocycles. The molecule has 6 nitrogen and oxygen atoms in total. The third-order valence-corrected chi connectivity index (χ3v) is 5.08. The summed E-state index contributed by atoms with van der Waals surface area (Å²) >= 11 is 0.953. The topological polar surface area (TPSA) is 79.6 Å². The summed E-state index contributed by atoms with van der Waals surface area (Å²) in [6, 6.07) is 0. The van der Waals surface area contributed by atoms with Gasteiger partial charge in [-0.15, -0.1) is 0 Å². The number of likely N-dealkylation sites (tertiary alicyclic amines) is 1. The van der Waals surface area contributed by atoms with Crippen molar-refractivity contribution in [3.8, 4) is 0 Å². The highest BCUT2D eigenvalue weighted by atomic mass is 32.1. The number of rotatable bonds is 3. The third kappa shape index (κ3) is 3.41. The van der Waals surface area contributed by atoms with Crippen molar-refractivity contribution < 1.29 is 27.9 Å². The summed E-state index contributed by atoms with van der Waals surface area (Å²) in [4.78, 5) is 36.2. The largest absolute Gasteiger partial charge is 0.481 e. The number of carboxylic acids is 1. The minimum atomic E-state index is -4.69. The molecule has 0 unspecified atom stereocenters. The predicted molar refractivity (Wildman–Crippen MR) is 75.3 cm³/mol. The van der Waals surface area contributed by atoms with Crippen molar-refractivity contribution in [1.82, 2.24) is 9.47 Å². The summed E-state index contributed by atoms with van der Waals surface area (Å²) in [5, 5.41) is 8.94.